The second kappa shape index (κ2) is 4.72. The molecule has 0 unspecified atom stereocenters. The van der Waals surface area contributed by atoms with Gasteiger partial charge in [0.1, 0.15) is 4.88 Å². The summed E-state index contributed by atoms with van der Waals surface area (Å²) in [6.45, 7) is 1.84. The Bertz CT molecular complexity index is 604. The summed E-state index contributed by atoms with van der Waals surface area (Å²) < 4.78 is 1.95. The number of nitrogen functional groups attached to an aromatic ring is 1. The number of thiophene rings is 2. The predicted octanol–water partition coefficient (Wildman–Crippen LogP) is 4.59. The molecule has 0 amide bonds. The molecule has 0 fully saturated rings. The fraction of sp³-hybridized carbons (Fsp3) is 0.100. The maximum absolute atomic E-state index is 11.0. The van der Waals surface area contributed by atoms with Gasteiger partial charge in [-0.2, -0.15) is 0 Å². The van der Waals surface area contributed by atoms with Crippen molar-refractivity contribution in [2.75, 3.05) is 5.73 Å². The SMILES string of the molecule is Cc1c(-c2cc(Br)sc2Br)sc(C(=O)O)c1N. The minimum atomic E-state index is -0.979. The molecule has 2 rings (SSSR count). The van der Waals surface area contributed by atoms with Gasteiger partial charge < -0.3 is 10.8 Å². The van der Waals surface area contributed by atoms with Gasteiger partial charge in [0, 0.05) is 10.4 Å². The molecule has 90 valence electrons. The van der Waals surface area contributed by atoms with Gasteiger partial charge in [0.2, 0.25) is 0 Å². The summed E-state index contributed by atoms with van der Waals surface area (Å²) in [6, 6.07) is 1.96. The number of aromatic carboxylic acids is 1. The molecule has 0 aliphatic heterocycles. The smallest absolute Gasteiger partial charge is 0.348 e. The summed E-state index contributed by atoms with van der Waals surface area (Å²) in [5.74, 6) is -0.979. The molecule has 17 heavy (non-hydrogen) atoms. The van der Waals surface area contributed by atoms with E-state index in [2.05, 4.69) is 31.9 Å². The lowest BCUT2D eigenvalue weighted by Gasteiger charge is -1.97. The molecule has 2 aromatic heterocycles. The molecule has 0 saturated heterocycles. The molecule has 0 aliphatic rings. The van der Waals surface area contributed by atoms with E-state index >= 15 is 0 Å². The molecule has 0 aromatic carbocycles. The normalized spacial score (nSPS) is 10.8. The van der Waals surface area contributed by atoms with Crippen molar-refractivity contribution in [1.82, 2.24) is 0 Å². The van der Waals surface area contributed by atoms with Crippen LogP contribution in [0.4, 0.5) is 5.69 Å². The molecule has 0 spiro atoms. The maximum atomic E-state index is 11.0. The Morgan fingerprint density at radius 3 is 2.47 bits per heavy atom. The van der Waals surface area contributed by atoms with Crippen molar-refractivity contribution in [3.05, 3.63) is 24.1 Å². The molecule has 0 radical (unpaired) electrons. The van der Waals surface area contributed by atoms with Crippen molar-refractivity contribution >= 4 is 66.2 Å². The quantitative estimate of drug-likeness (QED) is 0.780. The molecular formula is C10H7Br2NO2S2. The van der Waals surface area contributed by atoms with E-state index in [0.717, 1.165) is 23.6 Å². The van der Waals surface area contributed by atoms with Crippen LogP contribution in [0.25, 0.3) is 10.4 Å². The average molecular weight is 397 g/mol. The Kier molecular flexibility index (Phi) is 3.63. The summed E-state index contributed by atoms with van der Waals surface area (Å²) in [5, 5.41) is 9.04. The minimum absolute atomic E-state index is 0.201. The third-order valence-corrected chi connectivity index (χ3v) is 5.96. The van der Waals surface area contributed by atoms with E-state index < -0.39 is 5.97 Å². The zero-order chi connectivity index (χ0) is 12.7. The monoisotopic (exact) mass is 395 g/mol. The number of nitrogens with two attached hydrogens (primary N) is 1. The third kappa shape index (κ3) is 2.29. The minimum Gasteiger partial charge on any atom is -0.477 e. The highest BCUT2D eigenvalue weighted by Gasteiger charge is 2.21. The summed E-state index contributed by atoms with van der Waals surface area (Å²) in [7, 11) is 0. The number of carboxylic acid groups (broad SMARTS) is 1. The molecule has 0 saturated carbocycles. The highest BCUT2D eigenvalue weighted by Crippen LogP contribution is 2.45. The second-order valence-electron chi connectivity index (χ2n) is 3.34. The lowest BCUT2D eigenvalue weighted by Crippen LogP contribution is -1.97. The van der Waals surface area contributed by atoms with E-state index in [1.807, 2.05) is 13.0 Å². The number of halogens is 2. The first-order valence-corrected chi connectivity index (χ1v) is 7.71. The van der Waals surface area contributed by atoms with E-state index in [0.29, 0.717) is 5.69 Å². The highest BCUT2D eigenvalue weighted by atomic mass is 79.9. The summed E-state index contributed by atoms with van der Waals surface area (Å²) in [4.78, 5) is 12.1. The standard InChI is InChI=1S/C10H7Br2NO2S2/c1-3-6(13)8(10(14)15)17-7(3)4-2-5(11)16-9(4)12/h2H,13H2,1H3,(H,14,15). The molecule has 0 bridgehead atoms. The van der Waals surface area contributed by atoms with Gasteiger partial charge in [-0.05, 0) is 50.4 Å². The van der Waals surface area contributed by atoms with Crippen LogP contribution >= 0.6 is 54.5 Å². The van der Waals surface area contributed by atoms with Gasteiger partial charge in [0.05, 0.1) is 13.3 Å². The van der Waals surface area contributed by atoms with Gasteiger partial charge in [-0.3, -0.25) is 0 Å². The van der Waals surface area contributed by atoms with Gasteiger partial charge in [0.25, 0.3) is 0 Å². The van der Waals surface area contributed by atoms with E-state index in [-0.39, 0.29) is 4.88 Å². The number of hydrogen-bond acceptors (Lipinski definition) is 4. The molecule has 3 nitrogen and oxygen atoms in total. The van der Waals surface area contributed by atoms with Crippen molar-refractivity contribution < 1.29 is 9.90 Å². The van der Waals surface area contributed by atoms with E-state index in [1.54, 1.807) is 11.3 Å². The lowest BCUT2D eigenvalue weighted by molar-refractivity contribution is 0.0703. The van der Waals surface area contributed by atoms with Crippen molar-refractivity contribution in [2.45, 2.75) is 6.92 Å². The first-order chi connectivity index (χ1) is 7.91. The van der Waals surface area contributed by atoms with Crippen LogP contribution in [0.2, 0.25) is 0 Å². The molecule has 0 aliphatic carbocycles. The van der Waals surface area contributed by atoms with E-state index in [1.165, 1.54) is 11.3 Å². The van der Waals surface area contributed by atoms with Crippen LogP contribution in [0.1, 0.15) is 15.2 Å². The maximum Gasteiger partial charge on any atom is 0.348 e. The fourth-order valence-corrected chi connectivity index (χ4v) is 5.54. The van der Waals surface area contributed by atoms with Crippen LogP contribution in [0.15, 0.2) is 13.6 Å². The Labute approximate surface area is 123 Å². The van der Waals surface area contributed by atoms with Crippen LogP contribution in [-0.4, -0.2) is 11.1 Å². The van der Waals surface area contributed by atoms with Gasteiger partial charge >= 0.3 is 5.97 Å². The first-order valence-electron chi connectivity index (χ1n) is 4.49. The van der Waals surface area contributed by atoms with Crippen molar-refractivity contribution in [1.29, 1.82) is 0 Å². The number of anilines is 1. The first kappa shape index (κ1) is 13.1. The Balaban J connectivity index is 2.65. The molecule has 2 heterocycles. The fourth-order valence-electron chi connectivity index (χ4n) is 1.44. The predicted molar refractivity (Wildman–Crippen MR) is 79.1 cm³/mol. The Morgan fingerprint density at radius 1 is 1.41 bits per heavy atom. The van der Waals surface area contributed by atoms with Crippen LogP contribution in [0, 0.1) is 6.92 Å². The number of carbonyl (C=O) groups is 1. The summed E-state index contributed by atoms with van der Waals surface area (Å²) in [6.07, 6.45) is 0. The van der Waals surface area contributed by atoms with Crippen molar-refractivity contribution in [2.24, 2.45) is 0 Å². The van der Waals surface area contributed by atoms with E-state index in [9.17, 15) is 4.79 Å². The second-order valence-corrected chi connectivity index (χ2v) is 8.11. The Morgan fingerprint density at radius 2 is 2.06 bits per heavy atom. The lowest BCUT2D eigenvalue weighted by atomic mass is 10.1. The molecule has 7 heteroatoms. The highest BCUT2D eigenvalue weighted by molar-refractivity contribution is 9.12. The van der Waals surface area contributed by atoms with Crippen LogP contribution in [0.3, 0.4) is 0 Å². The summed E-state index contributed by atoms with van der Waals surface area (Å²) >= 11 is 9.62. The van der Waals surface area contributed by atoms with Gasteiger partial charge in [0.15, 0.2) is 0 Å². The zero-order valence-corrected chi connectivity index (χ0v) is 13.4. The molecule has 2 aromatic rings. The van der Waals surface area contributed by atoms with Crippen LogP contribution in [0.5, 0.6) is 0 Å². The third-order valence-electron chi connectivity index (χ3n) is 2.29. The molecule has 3 N–H and O–H groups in total. The molecule has 0 atom stereocenters. The van der Waals surface area contributed by atoms with Crippen molar-refractivity contribution in [3.63, 3.8) is 0 Å². The summed E-state index contributed by atoms with van der Waals surface area (Å²) in [5.41, 5.74) is 7.95. The van der Waals surface area contributed by atoms with Gasteiger partial charge in [-0.25, -0.2) is 4.79 Å². The number of carboxylic acids is 1. The molecular weight excluding hydrogens is 390 g/mol. The Hall–Kier alpha value is -0.370. The van der Waals surface area contributed by atoms with Crippen molar-refractivity contribution in [3.8, 4) is 10.4 Å². The zero-order valence-electron chi connectivity index (χ0n) is 8.58. The average Bonchev–Trinajstić information content (AvgIpc) is 2.70. The van der Waals surface area contributed by atoms with Gasteiger partial charge in [-0.15, -0.1) is 22.7 Å². The number of rotatable bonds is 2. The van der Waals surface area contributed by atoms with Crippen LogP contribution < -0.4 is 5.73 Å². The van der Waals surface area contributed by atoms with E-state index in [4.69, 9.17) is 10.8 Å². The largest absolute Gasteiger partial charge is 0.477 e. The van der Waals surface area contributed by atoms with Gasteiger partial charge in [-0.1, -0.05) is 0 Å². The number of hydrogen-bond donors (Lipinski definition) is 2. The van der Waals surface area contributed by atoms with Crippen LogP contribution in [-0.2, 0) is 0 Å². The topological polar surface area (TPSA) is 63.3 Å².